The van der Waals surface area contributed by atoms with Gasteiger partial charge in [-0.05, 0) is 30.2 Å². The lowest BCUT2D eigenvalue weighted by Crippen LogP contribution is -2.43. The van der Waals surface area contributed by atoms with E-state index in [1.807, 2.05) is 0 Å². The van der Waals surface area contributed by atoms with Crippen LogP contribution in [0.2, 0.25) is 0 Å². The van der Waals surface area contributed by atoms with Crippen molar-refractivity contribution in [2.24, 2.45) is 0 Å². The van der Waals surface area contributed by atoms with Gasteiger partial charge in [-0.3, -0.25) is 0 Å². The van der Waals surface area contributed by atoms with E-state index in [4.69, 9.17) is 0 Å². The first kappa shape index (κ1) is 16.4. The topological polar surface area (TPSA) is 23.5 Å². The highest BCUT2D eigenvalue weighted by molar-refractivity contribution is 5.50. The standard InChI is InChI=1S/C17H18F3NO/c1-12-6-4-5-7-15(12)16(22,17(18,19)20)13-8-10-14(11-9-13)21(2)3/h4-11,22H,1-3H3. The normalized spacial score (nSPS) is 14.5. The van der Waals surface area contributed by atoms with Crippen molar-refractivity contribution in [3.05, 3.63) is 65.2 Å². The molecular weight excluding hydrogens is 291 g/mol. The number of nitrogens with zero attached hydrogens (tertiary/aromatic N) is 1. The van der Waals surface area contributed by atoms with Crippen LogP contribution < -0.4 is 4.90 Å². The van der Waals surface area contributed by atoms with Crippen LogP contribution in [-0.2, 0) is 5.60 Å². The first-order valence-corrected chi connectivity index (χ1v) is 6.81. The molecule has 0 heterocycles. The molecule has 5 heteroatoms. The van der Waals surface area contributed by atoms with Gasteiger partial charge in [-0.15, -0.1) is 0 Å². The summed E-state index contributed by atoms with van der Waals surface area (Å²) in [6, 6.07) is 11.8. The third-order valence-corrected chi connectivity index (χ3v) is 3.75. The zero-order valence-corrected chi connectivity index (χ0v) is 12.6. The zero-order chi connectivity index (χ0) is 16.5. The molecule has 2 nitrogen and oxygen atoms in total. The van der Waals surface area contributed by atoms with Gasteiger partial charge in [0.25, 0.3) is 0 Å². The van der Waals surface area contributed by atoms with Crippen LogP contribution in [0.3, 0.4) is 0 Å². The van der Waals surface area contributed by atoms with E-state index in [0.717, 1.165) is 5.69 Å². The van der Waals surface area contributed by atoms with Crippen molar-refractivity contribution in [1.29, 1.82) is 0 Å². The highest BCUT2D eigenvalue weighted by Gasteiger charge is 2.56. The van der Waals surface area contributed by atoms with Crippen molar-refractivity contribution < 1.29 is 18.3 Å². The smallest absolute Gasteiger partial charge is 0.378 e. The van der Waals surface area contributed by atoms with Gasteiger partial charge in [0.1, 0.15) is 0 Å². The van der Waals surface area contributed by atoms with Crippen LogP contribution in [0.25, 0.3) is 0 Å². The largest absolute Gasteiger partial charge is 0.425 e. The number of benzene rings is 2. The van der Waals surface area contributed by atoms with Gasteiger partial charge in [0.15, 0.2) is 0 Å². The molecule has 0 aliphatic rings. The fourth-order valence-corrected chi connectivity index (χ4v) is 2.45. The van der Waals surface area contributed by atoms with Gasteiger partial charge in [-0.1, -0.05) is 36.4 Å². The summed E-state index contributed by atoms with van der Waals surface area (Å²) < 4.78 is 41.0. The van der Waals surface area contributed by atoms with E-state index in [0.29, 0.717) is 5.56 Å². The Morgan fingerprint density at radius 1 is 0.909 bits per heavy atom. The van der Waals surface area contributed by atoms with Crippen molar-refractivity contribution in [2.75, 3.05) is 19.0 Å². The van der Waals surface area contributed by atoms with Crippen LogP contribution in [0.1, 0.15) is 16.7 Å². The molecule has 1 unspecified atom stereocenters. The fraction of sp³-hybridized carbons (Fsp3) is 0.294. The second kappa shape index (κ2) is 5.65. The monoisotopic (exact) mass is 309 g/mol. The van der Waals surface area contributed by atoms with Crippen molar-refractivity contribution in [3.8, 4) is 0 Å². The lowest BCUT2D eigenvalue weighted by molar-refractivity contribution is -0.248. The molecule has 0 aliphatic heterocycles. The number of alkyl halides is 3. The molecule has 0 radical (unpaired) electrons. The Bertz CT molecular complexity index is 650. The van der Waals surface area contributed by atoms with Crippen molar-refractivity contribution in [3.63, 3.8) is 0 Å². The maximum atomic E-state index is 13.7. The Morgan fingerprint density at radius 3 is 1.91 bits per heavy atom. The van der Waals surface area contributed by atoms with E-state index in [2.05, 4.69) is 0 Å². The molecule has 0 spiro atoms. The quantitative estimate of drug-likeness (QED) is 0.930. The molecule has 2 rings (SSSR count). The molecule has 0 fully saturated rings. The Kier molecular flexibility index (Phi) is 4.20. The summed E-state index contributed by atoms with van der Waals surface area (Å²) in [6.07, 6.45) is -4.82. The van der Waals surface area contributed by atoms with Crippen LogP contribution in [0.4, 0.5) is 18.9 Å². The highest BCUT2D eigenvalue weighted by atomic mass is 19.4. The third kappa shape index (κ3) is 2.68. The van der Waals surface area contributed by atoms with Crippen molar-refractivity contribution in [1.82, 2.24) is 0 Å². The number of aryl methyl sites for hydroxylation is 1. The molecule has 2 aromatic rings. The molecule has 0 aliphatic carbocycles. The summed E-state index contributed by atoms with van der Waals surface area (Å²) in [5.74, 6) is 0. The molecule has 0 saturated carbocycles. The molecule has 0 aromatic heterocycles. The van der Waals surface area contributed by atoms with Gasteiger partial charge in [0.05, 0.1) is 0 Å². The van der Waals surface area contributed by atoms with Crippen LogP contribution in [0.15, 0.2) is 48.5 Å². The Balaban J connectivity index is 2.63. The number of hydrogen-bond donors (Lipinski definition) is 1. The van der Waals surface area contributed by atoms with E-state index in [-0.39, 0.29) is 11.1 Å². The number of hydrogen-bond acceptors (Lipinski definition) is 2. The van der Waals surface area contributed by atoms with E-state index < -0.39 is 11.8 Å². The maximum absolute atomic E-state index is 13.7. The molecular formula is C17H18F3NO. The molecule has 0 bridgehead atoms. The number of rotatable bonds is 3. The number of anilines is 1. The molecule has 0 amide bonds. The third-order valence-electron chi connectivity index (χ3n) is 3.75. The summed E-state index contributed by atoms with van der Waals surface area (Å²) >= 11 is 0. The van der Waals surface area contributed by atoms with Crippen LogP contribution >= 0.6 is 0 Å². The fourth-order valence-electron chi connectivity index (χ4n) is 2.45. The van der Waals surface area contributed by atoms with E-state index in [9.17, 15) is 18.3 Å². The molecule has 1 atom stereocenters. The summed E-state index contributed by atoms with van der Waals surface area (Å²) in [6.45, 7) is 1.56. The number of halogens is 3. The van der Waals surface area contributed by atoms with Crippen molar-refractivity contribution in [2.45, 2.75) is 18.7 Å². The second-order valence-corrected chi connectivity index (χ2v) is 5.46. The summed E-state index contributed by atoms with van der Waals surface area (Å²) in [5.41, 5.74) is -2.22. The predicted octanol–water partition coefficient (Wildman–Crippen LogP) is 3.86. The lowest BCUT2D eigenvalue weighted by Gasteiger charge is -2.33. The van der Waals surface area contributed by atoms with E-state index in [1.165, 1.54) is 24.3 Å². The lowest BCUT2D eigenvalue weighted by atomic mass is 9.83. The Hall–Kier alpha value is -2.01. The van der Waals surface area contributed by atoms with Gasteiger partial charge < -0.3 is 10.0 Å². The summed E-state index contributed by atoms with van der Waals surface area (Å²) in [4.78, 5) is 1.78. The first-order chi connectivity index (χ1) is 10.2. The van der Waals surface area contributed by atoms with Crippen LogP contribution in [0.5, 0.6) is 0 Å². The van der Waals surface area contributed by atoms with Gasteiger partial charge in [0.2, 0.25) is 5.60 Å². The van der Waals surface area contributed by atoms with Crippen LogP contribution in [0, 0.1) is 6.92 Å². The highest BCUT2D eigenvalue weighted by Crippen LogP contribution is 2.45. The van der Waals surface area contributed by atoms with E-state index in [1.54, 1.807) is 50.2 Å². The predicted molar refractivity (Wildman–Crippen MR) is 81.0 cm³/mol. The van der Waals surface area contributed by atoms with Gasteiger partial charge in [-0.25, -0.2) is 0 Å². The van der Waals surface area contributed by atoms with Gasteiger partial charge >= 0.3 is 6.18 Å². The zero-order valence-electron chi connectivity index (χ0n) is 12.6. The Labute approximate surface area is 127 Å². The molecule has 2 aromatic carbocycles. The van der Waals surface area contributed by atoms with Gasteiger partial charge in [0, 0.05) is 25.3 Å². The molecule has 0 saturated heterocycles. The Morgan fingerprint density at radius 2 is 1.45 bits per heavy atom. The first-order valence-electron chi connectivity index (χ1n) is 6.81. The minimum Gasteiger partial charge on any atom is -0.378 e. The van der Waals surface area contributed by atoms with E-state index >= 15 is 0 Å². The summed E-state index contributed by atoms with van der Waals surface area (Å²) in [7, 11) is 3.60. The SMILES string of the molecule is Cc1ccccc1C(O)(c1ccc(N(C)C)cc1)C(F)(F)F. The van der Waals surface area contributed by atoms with Crippen LogP contribution in [-0.4, -0.2) is 25.4 Å². The minimum absolute atomic E-state index is 0.153. The number of aliphatic hydroxyl groups is 1. The average Bonchev–Trinajstić information content (AvgIpc) is 2.46. The molecule has 118 valence electrons. The van der Waals surface area contributed by atoms with Crippen molar-refractivity contribution >= 4 is 5.69 Å². The second-order valence-electron chi connectivity index (χ2n) is 5.46. The minimum atomic E-state index is -4.82. The molecule has 1 N–H and O–H groups in total. The maximum Gasteiger partial charge on any atom is 0.425 e. The van der Waals surface area contributed by atoms with Gasteiger partial charge in [-0.2, -0.15) is 13.2 Å². The summed E-state index contributed by atoms with van der Waals surface area (Å²) in [5, 5.41) is 10.6. The average molecular weight is 309 g/mol. The molecule has 22 heavy (non-hydrogen) atoms.